The molecule has 10 heteroatoms. The number of anilines is 1. The highest BCUT2D eigenvalue weighted by molar-refractivity contribution is 7.91. The number of halogens is 3. The maximum atomic E-state index is 13.0. The van der Waals surface area contributed by atoms with Gasteiger partial charge in [-0.25, -0.2) is 8.42 Å². The predicted octanol–water partition coefficient (Wildman–Crippen LogP) is 5.83. The Kier molecular flexibility index (Phi) is 9.20. The lowest BCUT2D eigenvalue weighted by atomic mass is 9.95. The minimum atomic E-state index is -4.37. The second kappa shape index (κ2) is 12.4. The van der Waals surface area contributed by atoms with Gasteiger partial charge in [-0.05, 0) is 73.0 Å². The molecule has 1 aliphatic heterocycles. The second-order valence-electron chi connectivity index (χ2n) is 9.79. The van der Waals surface area contributed by atoms with E-state index >= 15 is 0 Å². The summed E-state index contributed by atoms with van der Waals surface area (Å²) >= 11 is 0. The van der Waals surface area contributed by atoms with E-state index < -0.39 is 21.6 Å². The fourth-order valence-electron chi connectivity index (χ4n) is 4.90. The van der Waals surface area contributed by atoms with Crippen molar-refractivity contribution in [3.8, 4) is 0 Å². The smallest absolute Gasteiger partial charge is 0.380 e. The van der Waals surface area contributed by atoms with Crippen LogP contribution in [0, 0.1) is 0 Å². The van der Waals surface area contributed by atoms with Crippen molar-refractivity contribution < 1.29 is 31.1 Å². The number of benzene rings is 3. The van der Waals surface area contributed by atoms with Crippen LogP contribution in [0.1, 0.15) is 53.2 Å². The van der Waals surface area contributed by atoms with Gasteiger partial charge in [0.2, 0.25) is 0 Å². The van der Waals surface area contributed by atoms with Gasteiger partial charge < -0.3 is 15.0 Å². The van der Waals surface area contributed by atoms with Crippen LogP contribution in [0.4, 0.5) is 18.9 Å². The van der Waals surface area contributed by atoms with Gasteiger partial charge in [-0.2, -0.15) is 13.2 Å². The molecule has 4 rings (SSSR count). The summed E-state index contributed by atoms with van der Waals surface area (Å²) < 4.78 is 68.6. The zero-order valence-corrected chi connectivity index (χ0v) is 23.3. The van der Waals surface area contributed by atoms with E-state index in [4.69, 9.17) is 4.74 Å². The largest absolute Gasteiger partial charge is 0.416 e. The Balaban J connectivity index is 1.41. The first-order chi connectivity index (χ1) is 19.0. The number of carbonyl (C=O) groups excluding carboxylic acids is 1. The molecule has 0 radical (unpaired) electrons. The topological polar surface area (TPSA) is 75.7 Å². The highest BCUT2D eigenvalue weighted by Crippen LogP contribution is 2.37. The van der Waals surface area contributed by atoms with E-state index in [2.05, 4.69) is 10.2 Å². The summed E-state index contributed by atoms with van der Waals surface area (Å²) in [4.78, 5) is 15.2. The van der Waals surface area contributed by atoms with Crippen LogP contribution in [-0.4, -0.2) is 45.9 Å². The van der Waals surface area contributed by atoms with Crippen LogP contribution in [0.15, 0.2) is 77.7 Å². The van der Waals surface area contributed by atoms with Crippen molar-refractivity contribution in [1.29, 1.82) is 0 Å². The van der Waals surface area contributed by atoms with Crippen molar-refractivity contribution in [2.24, 2.45) is 0 Å². The molecular formula is C30H33F3N2O4S. The van der Waals surface area contributed by atoms with Crippen molar-refractivity contribution in [3.63, 3.8) is 0 Å². The first-order valence-corrected chi connectivity index (χ1v) is 14.9. The highest BCUT2D eigenvalue weighted by atomic mass is 32.2. The average Bonchev–Trinajstić information content (AvgIpc) is 3.39. The third kappa shape index (κ3) is 7.03. The lowest BCUT2D eigenvalue weighted by molar-refractivity contribution is -0.137. The summed E-state index contributed by atoms with van der Waals surface area (Å²) in [6.45, 7) is 5.44. The Hall–Kier alpha value is -3.37. The summed E-state index contributed by atoms with van der Waals surface area (Å²) in [7, 11) is -3.28. The molecule has 1 saturated heterocycles. The number of nitrogens with zero attached hydrogens (tertiary/aromatic N) is 1. The average molecular weight is 575 g/mol. The Morgan fingerprint density at radius 3 is 2.20 bits per heavy atom. The molecule has 1 aliphatic rings. The fourth-order valence-corrected chi connectivity index (χ4v) is 5.78. The molecule has 1 heterocycles. The van der Waals surface area contributed by atoms with Gasteiger partial charge in [-0.15, -0.1) is 0 Å². The maximum Gasteiger partial charge on any atom is 0.416 e. The number of ether oxygens (including phenoxy) is 1. The summed E-state index contributed by atoms with van der Waals surface area (Å²) in [5.41, 5.74) is 2.36. The van der Waals surface area contributed by atoms with Gasteiger partial charge in [-0.1, -0.05) is 31.2 Å². The van der Waals surface area contributed by atoms with Gasteiger partial charge in [0.1, 0.15) is 0 Å². The van der Waals surface area contributed by atoms with Crippen LogP contribution < -0.4 is 10.2 Å². The number of alkyl halides is 3. The van der Waals surface area contributed by atoms with Crippen molar-refractivity contribution >= 4 is 21.4 Å². The molecule has 0 aliphatic carbocycles. The van der Waals surface area contributed by atoms with Crippen LogP contribution in [0.5, 0.6) is 0 Å². The zero-order chi connectivity index (χ0) is 28.9. The maximum absolute atomic E-state index is 13.0. The van der Waals surface area contributed by atoms with Crippen LogP contribution in [0.3, 0.4) is 0 Å². The molecule has 1 fully saturated rings. The Labute approximate surface area is 233 Å². The third-order valence-electron chi connectivity index (χ3n) is 7.21. The molecule has 40 heavy (non-hydrogen) atoms. The van der Waals surface area contributed by atoms with E-state index in [1.807, 2.05) is 19.1 Å². The summed E-state index contributed by atoms with van der Waals surface area (Å²) in [5.74, 6) is -0.181. The molecule has 1 amide bonds. The van der Waals surface area contributed by atoms with Gasteiger partial charge in [0.25, 0.3) is 5.91 Å². The molecule has 0 aromatic heterocycles. The third-order valence-corrected chi connectivity index (χ3v) is 8.97. The molecule has 3 aromatic carbocycles. The fraction of sp³-hybridized carbons (Fsp3) is 0.367. The van der Waals surface area contributed by atoms with Crippen LogP contribution >= 0.6 is 0 Å². The van der Waals surface area contributed by atoms with E-state index in [0.717, 1.165) is 35.4 Å². The molecular weight excluding hydrogens is 541 g/mol. The lowest BCUT2D eigenvalue weighted by Crippen LogP contribution is -2.33. The van der Waals surface area contributed by atoms with Gasteiger partial charge in [-0.3, -0.25) is 4.79 Å². The molecule has 0 saturated carbocycles. The van der Waals surface area contributed by atoms with Crippen LogP contribution in [-0.2, 0) is 27.3 Å². The zero-order valence-electron chi connectivity index (χ0n) is 22.4. The Morgan fingerprint density at radius 1 is 0.975 bits per heavy atom. The molecule has 2 atom stereocenters. The number of hydrogen-bond donors (Lipinski definition) is 1. The summed E-state index contributed by atoms with van der Waals surface area (Å²) in [6, 6.07) is 19.1. The van der Waals surface area contributed by atoms with Crippen molar-refractivity contribution in [1.82, 2.24) is 5.32 Å². The molecule has 1 unspecified atom stereocenters. The summed E-state index contributed by atoms with van der Waals surface area (Å²) in [6.07, 6.45) is -3.62. The number of rotatable bonds is 10. The first-order valence-electron chi connectivity index (χ1n) is 13.2. The molecule has 3 aromatic rings. The molecule has 0 bridgehead atoms. The van der Waals surface area contributed by atoms with Crippen molar-refractivity contribution in [2.45, 2.75) is 49.8 Å². The highest BCUT2D eigenvalue weighted by Gasteiger charge is 2.34. The minimum absolute atomic E-state index is 0.0264. The number of sulfone groups is 1. The Morgan fingerprint density at radius 2 is 1.62 bits per heavy atom. The number of amides is 1. The monoisotopic (exact) mass is 574 g/mol. The van der Waals surface area contributed by atoms with Crippen LogP contribution in [0.2, 0.25) is 0 Å². The van der Waals surface area contributed by atoms with Crippen molar-refractivity contribution in [2.75, 3.05) is 30.4 Å². The number of nitrogens with one attached hydrogen (secondary N) is 1. The SMILES string of the molecule is CCOC[C@@H]1CC(c2ccc(C(F)(F)F)cc2)CN1c1ccc(C(=O)NCc2ccc(S(=O)(=O)CC)cc2)cc1. The Bertz CT molecular complexity index is 1390. The predicted molar refractivity (Wildman–Crippen MR) is 148 cm³/mol. The van der Waals surface area contributed by atoms with E-state index in [1.165, 1.54) is 0 Å². The van der Waals surface area contributed by atoms with E-state index in [1.54, 1.807) is 55.5 Å². The molecule has 6 nitrogen and oxygen atoms in total. The van der Waals surface area contributed by atoms with Crippen molar-refractivity contribution in [3.05, 3.63) is 95.1 Å². The quantitative estimate of drug-likeness (QED) is 0.330. The molecule has 1 N–H and O–H groups in total. The minimum Gasteiger partial charge on any atom is -0.380 e. The van der Waals surface area contributed by atoms with E-state index in [9.17, 15) is 26.4 Å². The second-order valence-corrected chi connectivity index (χ2v) is 12.1. The molecule has 214 valence electrons. The normalized spacial score (nSPS) is 17.7. The summed E-state index contributed by atoms with van der Waals surface area (Å²) in [5, 5.41) is 2.85. The van der Waals surface area contributed by atoms with Crippen LogP contribution in [0.25, 0.3) is 0 Å². The first kappa shape index (κ1) is 29.6. The number of hydrogen-bond acceptors (Lipinski definition) is 5. The van der Waals surface area contributed by atoms with E-state index in [-0.39, 0.29) is 35.1 Å². The lowest BCUT2D eigenvalue weighted by Gasteiger charge is -2.26. The van der Waals surface area contributed by atoms with Gasteiger partial charge in [0.15, 0.2) is 9.84 Å². The van der Waals surface area contributed by atoms with Gasteiger partial charge >= 0.3 is 6.18 Å². The molecule has 0 spiro atoms. The standard InChI is InChI=1S/C30H33F3N2O4S/c1-3-39-20-27-17-24(22-7-11-25(12-8-22)30(31,32)33)19-35(27)26-13-9-23(10-14-26)29(36)34-18-21-5-15-28(16-6-21)40(37,38)4-2/h5-16,24,27H,3-4,17-20H2,1-2H3,(H,34,36)/t24?,27-/m0/s1. The van der Waals surface area contributed by atoms with Gasteiger partial charge in [0.05, 0.1) is 28.9 Å². The number of carbonyl (C=O) groups is 1. The van der Waals surface area contributed by atoms with E-state index in [0.29, 0.717) is 25.3 Å². The van der Waals surface area contributed by atoms with Gasteiger partial charge in [0, 0.05) is 36.9 Å².